The first kappa shape index (κ1) is 16.6. The van der Waals surface area contributed by atoms with Gasteiger partial charge in [0, 0.05) is 15.3 Å². The van der Waals surface area contributed by atoms with Gasteiger partial charge in [0.05, 0.1) is 27.5 Å². The van der Waals surface area contributed by atoms with Crippen LogP contribution in [-0.2, 0) is 5.41 Å². The molecule has 0 spiro atoms. The first-order valence-corrected chi connectivity index (χ1v) is 8.45. The highest BCUT2D eigenvalue weighted by Gasteiger charge is 2.22. The summed E-state index contributed by atoms with van der Waals surface area (Å²) in [7, 11) is 0. The van der Waals surface area contributed by atoms with E-state index >= 15 is 0 Å². The summed E-state index contributed by atoms with van der Waals surface area (Å²) < 4.78 is 0. The standard InChI is InChI=1S/C16H20Cl2N2S/c1-9(19-13-7-6-11(17)8-12(13)18)14-10(2)20-15(21-14)16(3,4)5/h6-9,19H,1-5H3. The van der Waals surface area contributed by atoms with Gasteiger partial charge in [0.25, 0.3) is 0 Å². The van der Waals surface area contributed by atoms with Gasteiger partial charge in [-0.2, -0.15) is 0 Å². The van der Waals surface area contributed by atoms with Crippen LogP contribution >= 0.6 is 34.5 Å². The highest BCUT2D eigenvalue weighted by molar-refractivity contribution is 7.12. The summed E-state index contributed by atoms with van der Waals surface area (Å²) >= 11 is 13.9. The minimum atomic E-state index is 0.0747. The summed E-state index contributed by atoms with van der Waals surface area (Å²) in [5, 5.41) is 5.87. The molecule has 1 unspecified atom stereocenters. The van der Waals surface area contributed by atoms with Gasteiger partial charge in [0.1, 0.15) is 0 Å². The maximum absolute atomic E-state index is 6.22. The van der Waals surface area contributed by atoms with Gasteiger partial charge in [-0.3, -0.25) is 0 Å². The summed E-state index contributed by atoms with van der Waals surface area (Å²) in [6, 6.07) is 5.64. The number of nitrogens with one attached hydrogen (secondary N) is 1. The minimum absolute atomic E-state index is 0.0747. The van der Waals surface area contributed by atoms with Crippen molar-refractivity contribution in [1.29, 1.82) is 0 Å². The second-order valence-corrected chi connectivity index (χ2v) is 8.08. The van der Waals surface area contributed by atoms with Crippen LogP contribution in [0.25, 0.3) is 0 Å². The molecule has 0 radical (unpaired) electrons. The molecule has 1 aromatic heterocycles. The molecule has 2 aromatic rings. The van der Waals surface area contributed by atoms with E-state index in [1.165, 1.54) is 4.88 Å². The molecule has 0 saturated carbocycles. The van der Waals surface area contributed by atoms with E-state index in [2.05, 4.69) is 39.9 Å². The number of anilines is 1. The van der Waals surface area contributed by atoms with E-state index in [9.17, 15) is 0 Å². The number of thiazole rings is 1. The normalized spacial score (nSPS) is 13.3. The number of rotatable bonds is 3. The molecule has 0 aliphatic rings. The van der Waals surface area contributed by atoms with Crippen LogP contribution in [0.5, 0.6) is 0 Å². The highest BCUT2D eigenvalue weighted by Crippen LogP contribution is 2.35. The molecule has 0 saturated heterocycles. The lowest BCUT2D eigenvalue weighted by molar-refractivity contribution is 0.584. The molecule has 1 atom stereocenters. The summed E-state index contributed by atoms with van der Waals surface area (Å²) in [6.07, 6.45) is 0. The van der Waals surface area contributed by atoms with Crippen molar-refractivity contribution in [3.63, 3.8) is 0 Å². The second-order valence-electron chi connectivity index (χ2n) is 6.21. The lowest BCUT2D eigenvalue weighted by atomic mass is 9.98. The average Bonchev–Trinajstić information content (AvgIpc) is 2.75. The van der Waals surface area contributed by atoms with Crippen molar-refractivity contribution in [2.75, 3.05) is 5.32 Å². The fourth-order valence-electron chi connectivity index (χ4n) is 2.04. The molecule has 5 heteroatoms. The zero-order valence-electron chi connectivity index (χ0n) is 12.9. The Hall–Kier alpha value is -0.770. The quantitative estimate of drug-likeness (QED) is 0.715. The lowest BCUT2D eigenvalue weighted by Gasteiger charge is -2.16. The van der Waals surface area contributed by atoms with E-state index in [0.29, 0.717) is 10.0 Å². The molecule has 0 amide bonds. The first-order valence-electron chi connectivity index (χ1n) is 6.88. The Kier molecular flexibility index (Phi) is 4.86. The Balaban J connectivity index is 2.24. The van der Waals surface area contributed by atoms with Crippen LogP contribution in [0.4, 0.5) is 5.69 Å². The zero-order valence-corrected chi connectivity index (χ0v) is 15.2. The van der Waals surface area contributed by atoms with Gasteiger partial charge in [-0.05, 0) is 32.0 Å². The Morgan fingerprint density at radius 2 is 1.90 bits per heavy atom. The van der Waals surface area contributed by atoms with Crippen LogP contribution < -0.4 is 5.32 Å². The number of hydrogen-bond acceptors (Lipinski definition) is 3. The van der Waals surface area contributed by atoms with E-state index in [1.807, 2.05) is 12.1 Å². The molecule has 1 heterocycles. The van der Waals surface area contributed by atoms with Crippen molar-refractivity contribution in [3.05, 3.63) is 43.8 Å². The molecule has 21 heavy (non-hydrogen) atoms. The Bertz CT molecular complexity index is 644. The van der Waals surface area contributed by atoms with Gasteiger partial charge in [-0.1, -0.05) is 44.0 Å². The maximum Gasteiger partial charge on any atom is 0.0985 e. The number of halogens is 2. The number of benzene rings is 1. The molecule has 0 fully saturated rings. The van der Waals surface area contributed by atoms with Gasteiger partial charge in [0.15, 0.2) is 0 Å². The zero-order chi connectivity index (χ0) is 15.8. The van der Waals surface area contributed by atoms with Gasteiger partial charge >= 0.3 is 0 Å². The van der Waals surface area contributed by atoms with Gasteiger partial charge < -0.3 is 5.32 Å². The van der Waals surface area contributed by atoms with Gasteiger partial charge in [0.2, 0.25) is 0 Å². The largest absolute Gasteiger partial charge is 0.376 e. The minimum Gasteiger partial charge on any atom is -0.376 e. The third kappa shape index (κ3) is 3.91. The molecule has 1 aromatic carbocycles. The second kappa shape index (κ2) is 6.15. The monoisotopic (exact) mass is 342 g/mol. The molecule has 1 N–H and O–H groups in total. The highest BCUT2D eigenvalue weighted by atomic mass is 35.5. The van der Waals surface area contributed by atoms with Crippen LogP contribution in [0.1, 0.15) is 49.3 Å². The van der Waals surface area contributed by atoms with Crippen molar-refractivity contribution >= 4 is 40.2 Å². The van der Waals surface area contributed by atoms with Crippen molar-refractivity contribution in [2.24, 2.45) is 0 Å². The summed E-state index contributed by atoms with van der Waals surface area (Å²) in [5.74, 6) is 0. The van der Waals surface area contributed by atoms with Crippen molar-refractivity contribution < 1.29 is 0 Å². The van der Waals surface area contributed by atoms with E-state index in [4.69, 9.17) is 28.2 Å². The molecule has 114 valence electrons. The molecule has 0 bridgehead atoms. The molecule has 0 aliphatic heterocycles. The van der Waals surface area contributed by atoms with Crippen LogP contribution in [0.3, 0.4) is 0 Å². The Labute approximate surface area is 140 Å². The van der Waals surface area contributed by atoms with Crippen molar-refractivity contribution in [3.8, 4) is 0 Å². The molecule has 2 nitrogen and oxygen atoms in total. The third-order valence-corrected chi connectivity index (χ3v) is 5.48. The maximum atomic E-state index is 6.22. The predicted molar refractivity (Wildman–Crippen MR) is 94.1 cm³/mol. The predicted octanol–water partition coefficient (Wildman–Crippen LogP) is 6.23. The fourth-order valence-corrected chi connectivity index (χ4v) is 3.63. The Morgan fingerprint density at radius 1 is 1.24 bits per heavy atom. The van der Waals surface area contributed by atoms with Gasteiger partial charge in [-0.15, -0.1) is 11.3 Å². The van der Waals surface area contributed by atoms with Crippen molar-refractivity contribution in [2.45, 2.75) is 46.1 Å². The van der Waals surface area contributed by atoms with Crippen LogP contribution in [0.15, 0.2) is 18.2 Å². The molecule has 2 rings (SSSR count). The Morgan fingerprint density at radius 3 is 2.43 bits per heavy atom. The molecular weight excluding hydrogens is 323 g/mol. The molecular formula is C16H20Cl2N2S. The molecule has 0 aliphatic carbocycles. The smallest absolute Gasteiger partial charge is 0.0985 e. The first-order chi connectivity index (χ1) is 9.68. The summed E-state index contributed by atoms with van der Waals surface area (Å²) in [6.45, 7) is 10.7. The van der Waals surface area contributed by atoms with Gasteiger partial charge in [-0.25, -0.2) is 4.98 Å². The van der Waals surface area contributed by atoms with Crippen molar-refractivity contribution in [1.82, 2.24) is 4.98 Å². The number of aromatic nitrogens is 1. The number of hydrogen-bond donors (Lipinski definition) is 1. The van der Waals surface area contributed by atoms with Crippen LogP contribution in [0.2, 0.25) is 10.0 Å². The average molecular weight is 343 g/mol. The third-order valence-electron chi connectivity index (χ3n) is 3.17. The van der Waals surface area contributed by atoms with Crippen LogP contribution in [-0.4, -0.2) is 4.98 Å². The topological polar surface area (TPSA) is 24.9 Å². The lowest BCUT2D eigenvalue weighted by Crippen LogP contribution is -2.10. The van der Waals surface area contributed by atoms with E-state index in [1.54, 1.807) is 17.4 Å². The summed E-state index contributed by atoms with van der Waals surface area (Å²) in [4.78, 5) is 5.95. The van der Waals surface area contributed by atoms with E-state index < -0.39 is 0 Å². The van der Waals surface area contributed by atoms with E-state index in [0.717, 1.165) is 16.4 Å². The fraction of sp³-hybridized carbons (Fsp3) is 0.438. The van der Waals surface area contributed by atoms with E-state index in [-0.39, 0.29) is 11.5 Å². The SMILES string of the molecule is Cc1nc(C(C)(C)C)sc1C(C)Nc1ccc(Cl)cc1Cl. The number of aryl methyl sites for hydroxylation is 1. The van der Waals surface area contributed by atoms with Crippen LogP contribution in [0, 0.1) is 6.92 Å². The number of nitrogens with zero attached hydrogens (tertiary/aromatic N) is 1. The summed E-state index contributed by atoms with van der Waals surface area (Å²) in [5.41, 5.74) is 2.04.